The SMILES string of the molecule is CC1(C)COC(c2ccccc2F)=N1. The average Bonchev–Trinajstić information content (AvgIpc) is 2.47. The largest absolute Gasteiger partial charge is 0.475 e. The topological polar surface area (TPSA) is 21.6 Å². The van der Waals surface area contributed by atoms with Crippen molar-refractivity contribution in [1.82, 2.24) is 0 Å². The molecule has 1 aliphatic heterocycles. The molecule has 2 rings (SSSR count). The van der Waals surface area contributed by atoms with Gasteiger partial charge in [-0.25, -0.2) is 9.38 Å². The van der Waals surface area contributed by atoms with Gasteiger partial charge in [0, 0.05) is 0 Å². The molecule has 0 atom stereocenters. The molecule has 0 aromatic heterocycles. The van der Waals surface area contributed by atoms with Gasteiger partial charge in [-0.1, -0.05) is 12.1 Å². The van der Waals surface area contributed by atoms with Gasteiger partial charge >= 0.3 is 0 Å². The molecule has 2 nitrogen and oxygen atoms in total. The maximum atomic E-state index is 13.3. The molecule has 0 aliphatic carbocycles. The van der Waals surface area contributed by atoms with Crippen molar-refractivity contribution in [2.75, 3.05) is 6.61 Å². The van der Waals surface area contributed by atoms with E-state index >= 15 is 0 Å². The van der Waals surface area contributed by atoms with Gasteiger partial charge < -0.3 is 4.74 Å². The molecule has 0 fully saturated rings. The van der Waals surface area contributed by atoms with Crippen molar-refractivity contribution in [2.24, 2.45) is 4.99 Å². The van der Waals surface area contributed by atoms with Gasteiger partial charge in [-0.05, 0) is 26.0 Å². The van der Waals surface area contributed by atoms with Crippen LogP contribution in [0, 0.1) is 5.82 Å². The standard InChI is InChI=1S/C11H12FNO/c1-11(2)7-14-10(13-11)8-5-3-4-6-9(8)12/h3-6H,7H2,1-2H3. The zero-order valence-corrected chi connectivity index (χ0v) is 8.25. The Labute approximate surface area is 82.4 Å². The molecule has 0 radical (unpaired) electrons. The maximum absolute atomic E-state index is 13.3. The van der Waals surface area contributed by atoms with Crippen LogP contribution >= 0.6 is 0 Å². The summed E-state index contributed by atoms with van der Waals surface area (Å²) in [6.07, 6.45) is 0. The lowest BCUT2D eigenvalue weighted by Crippen LogP contribution is -2.17. The van der Waals surface area contributed by atoms with E-state index < -0.39 is 0 Å². The first-order chi connectivity index (χ1) is 6.58. The second-order valence-electron chi connectivity index (χ2n) is 4.00. The molecule has 1 aliphatic rings. The van der Waals surface area contributed by atoms with Crippen molar-refractivity contribution in [3.63, 3.8) is 0 Å². The summed E-state index contributed by atoms with van der Waals surface area (Å²) in [4.78, 5) is 4.31. The molecule has 0 N–H and O–H groups in total. The van der Waals surface area contributed by atoms with E-state index in [1.54, 1.807) is 18.2 Å². The highest BCUT2D eigenvalue weighted by atomic mass is 19.1. The van der Waals surface area contributed by atoms with E-state index in [2.05, 4.69) is 4.99 Å². The minimum Gasteiger partial charge on any atom is -0.475 e. The summed E-state index contributed by atoms with van der Waals surface area (Å²) in [5.74, 6) is 0.122. The fraction of sp³-hybridized carbons (Fsp3) is 0.364. The van der Waals surface area contributed by atoms with Gasteiger partial charge in [0.1, 0.15) is 12.4 Å². The summed E-state index contributed by atoms with van der Waals surface area (Å²) < 4.78 is 18.7. The summed E-state index contributed by atoms with van der Waals surface area (Å²) in [5, 5.41) is 0. The highest BCUT2D eigenvalue weighted by Crippen LogP contribution is 2.21. The van der Waals surface area contributed by atoms with Gasteiger partial charge in [0.15, 0.2) is 0 Å². The van der Waals surface area contributed by atoms with E-state index in [0.717, 1.165) is 0 Å². The van der Waals surface area contributed by atoms with Crippen molar-refractivity contribution < 1.29 is 9.13 Å². The number of hydrogen-bond acceptors (Lipinski definition) is 2. The second-order valence-corrected chi connectivity index (χ2v) is 4.00. The third kappa shape index (κ3) is 1.62. The smallest absolute Gasteiger partial charge is 0.219 e. The Morgan fingerprint density at radius 1 is 1.36 bits per heavy atom. The van der Waals surface area contributed by atoms with E-state index in [1.165, 1.54) is 6.07 Å². The third-order valence-electron chi connectivity index (χ3n) is 2.07. The maximum Gasteiger partial charge on any atom is 0.219 e. The van der Waals surface area contributed by atoms with Crippen LogP contribution in [0.4, 0.5) is 4.39 Å². The Bertz CT molecular complexity index is 385. The predicted octanol–water partition coefficient (Wildman–Crippen LogP) is 2.38. The molecule has 1 heterocycles. The Hall–Kier alpha value is -1.38. The minimum atomic E-state index is -0.288. The molecule has 1 aromatic carbocycles. The van der Waals surface area contributed by atoms with Crippen molar-refractivity contribution in [2.45, 2.75) is 19.4 Å². The van der Waals surface area contributed by atoms with Crippen LogP contribution in [0.3, 0.4) is 0 Å². The molecular formula is C11H12FNO. The van der Waals surface area contributed by atoms with Gasteiger partial charge in [0.25, 0.3) is 0 Å². The number of aliphatic imine (C=N–C) groups is 1. The van der Waals surface area contributed by atoms with Crippen molar-refractivity contribution >= 4 is 5.90 Å². The Kier molecular flexibility index (Phi) is 2.02. The first-order valence-corrected chi connectivity index (χ1v) is 4.56. The number of ether oxygens (including phenoxy) is 1. The van der Waals surface area contributed by atoms with E-state index in [9.17, 15) is 4.39 Å². The summed E-state index contributed by atoms with van der Waals surface area (Å²) in [6, 6.07) is 6.51. The van der Waals surface area contributed by atoms with Crippen molar-refractivity contribution in [3.05, 3.63) is 35.6 Å². The van der Waals surface area contributed by atoms with E-state index in [1.807, 2.05) is 13.8 Å². The highest BCUT2D eigenvalue weighted by Gasteiger charge is 2.28. The molecule has 0 bridgehead atoms. The van der Waals surface area contributed by atoms with Crippen LogP contribution in [0.1, 0.15) is 19.4 Å². The fourth-order valence-electron chi connectivity index (χ4n) is 1.36. The van der Waals surface area contributed by atoms with Crippen LogP contribution in [0.5, 0.6) is 0 Å². The molecule has 0 spiro atoms. The number of hydrogen-bond donors (Lipinski definition) is 0. The van der Waals surface area contributed by atoms with Gasteiger partial charge in [0.05, 0.1) is 11.1 Å². The number of rotatable bonds is 1. The molecule has 0 unspecified atom stereocenters. The third-order valence-corrected chi connectivity index (χ3v) is 2.07. The van der Waals surface area contributed by atoms with Crippen LogP contribution in [-0.2, 0) is 4.74 Å². The number of nitrogens with zero attached hydrogens (tertiary/aromatic N) is 1. The molecule has 0 amide bonds. The molecule has 0 saturated heterocycles. The first kappa shape index (κ1) is 9.19. The zero-order chi connectivity index (χ0) is 10.2. The van der Waals surface area contributed by atoms with Crippen LogP contribution in [-0.4, -0.2) is 18.0 Å². The Balaban J connectivity index is 2.38. The van der Waals surface area contributed by atoms with Crippen LogP contribution in [0.2, 0.25) is 0 Å². The predicted molar refractivity (Wildman–Crippen MR) is 53.0 cm³/mol. The van der Waals surface area contributed by atoms with Crippen molar-refractivity contribution in [3.8, 4) is 0 Å². The average molecular weight is 193 g/mol. The van der Waals surface area contributed by atoms with Crippen molar-refractivity contribution in [1.29, 1.82) is 0 Å². The second kappa shape index (κ2) is 3.08. The molecule has 3 heteroatoms. The zero-order valence-electron chi connectivity index (χ0n) is 8.25. The number of benzene rings is 1. The summed E-state index contributed by atoms with van der Waals surface area (Å²) in [7, 11) is 0. The highest BCUT2D eigenvalue weighted by molar-refractivity contribution is 5.95. The summed E-state index contributed by atoms with van der Waals surface area (Å²) in [5.41, 5.74) is 0.204. The van der Waals surface area contributed by atoms with Crippen LogP contribution in [0.15, 0.2) is 29.3 Å². The lowest BCUT2D eigenvalue weighted by molar-refractivity contribution is 0.279. The van der Waals surface area contributed by atoms with E-state index in [0.29, 0.717) is 18.1 Å². The van der Waals surface area contributed by atoms with E-state index in [4.69, 9.17) is 4.74 Å². The van der Waals surface area contributed by atoms with E-state index in [-0.39, 0.29) is 11.4 Å². The van der Waals surface area contributed by atoms with Gasteiger partial charge in [-0.15, -0.1) is 0 Å². The van der Waals surface area contributed by atoms with Crippen LogP contribution < -0.4 is 0 Å². The fourth-order valence-corrected chi connectivity index (χ4v) is 1.36. The molecular weight excluding hydrogens is 181 g/mol. The number of halogens is 1. The summed E-state index contributed by atoms with van der Waals surface area (Å²) >= 11 is 0. The van der Waals surface area contributed by atoms with Gasteiger partial charge in [-0.3, -0.25) is 0 Å². The normalized spacial score (nSPS) is 18.9. The summed E-state index contributed by atoms with van der Waals surface area (Å²) in [6.45, 7) is 4.43. The Morgan fingerprint density at radius 2 is 2.07 bits per heavy atom. The monoisotopic (exact) mass is 193 g/mol. The van der Waals surface area contributed by atoms with Gasteiger partial charge in [0.2, 0.25) is 5.90 Å². The lowest BCUT2D eigenvalue weighted by atomic mass is 10.1. The van der Waals surface area contributed by atoms with Gasteiger partial charge in [-0.2, -0.15) is 0 Å². The first-order valence-electron chi connectivity index (χ1n) is 4.56. The quantitative estimate of drug-likeness (QED) is 0.671. The molecule has 1 aromatic rings. The molecule has 0 saturated carbocycles. The molecule has 14 heavy (non-hydrogen) atoms. The Morgan fingerprint density at radius 3 is 2.64 bits per heavy atom. The minimum absolute atomic E-state index is 0.238. The lowest BCUT2D eigenvalue weighted by Gasteiger charge is -2.07. The van der Waals surface area contributed by atoms with Crippen LogP contribution in [0.25, 0.3) is 0 Å². The molecule has 74 valence electrons.